The number of carbonyl (C=O) groups is 1. The largest absolute Gasteiger partial charge is 0.351 e. The van der Waals surface area contributed by atoms with Crippen LogP contribution in [0.3, 0.4) is 0 Å². The lowest BCUT2D eigenvalue weighted by molar-refractivity contribution is 0.112. The summed E-state index contributed by atoms with van der Waals surface area (Å²) in [5.41, 5.74) is 6.73. The molecule has 1 aliphatic heterocycles. The molecule has 0 unspecified atom stereocenters. The Bertz CT molecular complexity index is 946. The van der Waals surface area contributed by atoms with Gasteiger partial charge in [-0.1, -0.05) is 35.9 Å². The first-order chi connectivity index (χ1) is 11.7. The van der Waals surface area contributed by atoms with Crippen LogP contribution < -0.4 is 4.90 Å². The Morgan fingerprint density at radius 3 is 2.67 bits per heavy atom. The molecule has 0 aliphatic carbocycles. The van der Waals surface area contributed by atoms with Gasteiger partial charge in [-0.15, -0.1) is 0 Å². The van der Waals surface area contributed by atoms with Gasteiger partial charge in [0.2, 0.25) is 0 Å². The minimum absolute atomic E-state index is 0.673. The van der Waals surface area contributed by atoms with Crippen LogP contribution in [-0.4, -0.2) is 17.8 Å². The summed E-state index contributed by atoms with van der Waals surface area (Å²) in [4.78, 5) is 18.8. The van der Waals surface area contributed by atoms with Gasteiger partial charge in [-0.05, 0) is 49.1 Å². The lowest BCUT2D eigenvalue weighted by Gasteiger charge is -2.30. The van der Waals surface area contributed by atoms with Crippen LogP contribution in [0.5, 0.6) is 0 Å². The molecule has 0 amide bonds. The lowest BCUT2D eigenvalue weighted by atomic mass is 9.99. The monoisotopic (exact) mass is 316 g/mol. The van der Waals surface area contributed by atoms with Gasteiger partial charge in [0.05, 0.1) is 11.1 Å². The Morgan fingerprint density at radius 1 is 1.08 bits per heavy atom. The summed E-state index contributed by atoms with van der Waals surface area (Å²) in [6, 6.07) is 14.7. The third-order valence-corrected chi connectivity index (χ3v) is 4.82. The van der Waals surface area contributed by atoms with Crippen molar-refractivity contribution in [1.29, 1.82) is 0 Å². The molecule has 0 fully saturated rings. The molecule has 2 heterocycles. The number of aldehydes is 1. The van der Waals surface area contributed by atoms with Gasteiger partial charge in [0.1, 0.15) is 5.82 Å². The number of carbonyl (C=O) groups excluding carboxylic acids is 1. The molecule has 0 spiro atoms. The van der Waals surface area contributed by atoms with Crippen molar-refractivity contribution < 1.29 is 4.79 Å². The topological polar surface area (TPSA) is 33.2 Å². The Morgan fingerprint density at radius 2 is 1.88 bits per heavy atom. The van der Waals surface area contributed by atoms with Gasteiger partial charge < -0.3 is 4.90 Å². The van der Waals surface area contributed by atoms with E-state index in [-0.39, 0.29) is 0 Å². The highest BCUT2D eigenvalue weighted by Crippen LogP contribution is 2.29. The van der Waals surface area contributed by atoms with Gasteiger partial charge in [0.25, 0.3) is 0 Å². The van der Waals surface area contributed by atoms with Crippen LogP contribution >= 0.6 is 0 Å². The maximum atomic E-state index is 11.7. The smallest absolute Gasteiger partial charge is 0.153 e. The fraction of sp³-hybridized carbons (Fsp3) is 0.238. The summed E-state index contributed by atoms with van der Waals surface area (Å²) in [6.45, 7) is 5.85. The maximum absolute atomic E-state index is 11.7. The van der Waals surface area contributed by atoms with Crippen molar-refractivity contribution >= 4 is 23.0 Å². The number of fused-ring (bicyclic) bond motifs is 2. The minimum Gasteiger partial charge on any atom is -0.351 e. The number of hydrogen-bond acceptors (Lipinski definition) is 3. The first-order valence-electron chi connectivity index (χ1n) is 8.34. The molecule has 120 valence electrons. The summed E-state index contributed by atoms with van der Waals surface area (Å²) < 4.78 is 0. The average molecular weight is 316 g/mol. The molecular weight excluding hydrogens is 296 g/mol. The molecule has 3 aromatic rings. The summed E-state index contributed by atoms with van der Waals surface area (Å²) in [7, 11) is 0. The second-order valence-corrected chi connectivity index (χ2v) is 6.61. The van der Waals surface area contributed by atoms with E-state index in [4.69, 9.17) is 4.98 Å². The molecule has 1 aromatic heterocycles. The van der Waals surface area contributed by atoms with E-state index in [2.05, 4.69) is 55.1 Å². The zero-order chi connectivity index (χ0) is 16.7. The zero-order valence-electron chi connectivity index (χ0n) is 14.0. The van der Waals surface area contributed by atoms with Crippen molar-refractivity contribution in [2.24, 2.45) is 0 Å². The van der Waals surface area contributed by atoms with Crippen molar-refractivity contribution in [1.82, 2.24) is 4.98 Å². The second-order valence-electron chi connectivity index (χ2n) is 6.61. The van der Waals surface area contributed by atoms with E-state index in [0.717, 1.165) is 48.1 Å². The minimum atomic E-state index is 0.673. The first kappa shape index (κ1) is 14.9. The van der Waals surface area contributed by atoms with Crippen LogP contribution in [0.1, 0.15) is 32.6 Å². The number of anilines is 1. The van der Waals surface area contributed by atoms with E-state index in [1.807, 2.05) is 6.07 Å². The number of benzene rings is 2. The molecule has 3 heteroatoms. The molecule has 24 heavy (non-hydrogen) atoms. The van der Waals surface area contributed by atoms with Crippen LogP contribution in [0.2, 0.25) is 0 Å². The highest BCUT2D eigenvalue weighted by atomic mass is 16.1. The third-order valence-electron chi connectivity index (χ3n) is 4.82. The van der Waals surface area contributed by atoms with E-state index in [1.54, 1.807) is 0 Å². The zero-order valence-corrected chi connectivity index (χ0v) is 14.0. The van der Waals surface area contributed by atoms with Crippen molar-refractivity contribution in [3.8, 4) is 0 Å². The third kappa shape index (κ3) is 2.46. The summed E-state index contributed by atoms with van der Waals surface area (Å²) in [5.74, 6) is 0.805. The van der Waals surface area contributed by atoms with Crippen LogP contribution in [0.25, 0.3) is 10.9 Å². The van der Waals surface area contributed by atoms with Gasteiger partial charge in [0, 0.05) is 18.5 Å². The van der Waals surface area contributed by atoms with E-state index >= 15 is 0 Å². The molecule has 0 atom stereocenters. The summed E-state index contributed by atoms with van der Waals surface area (Å²) >= 11 is 0. The van der Waals surface area contributed by atoms with Crippen molar-refractivity contribution in [3.05, 3.63) is 70.3 Å². The number of hydrogen-bond donors (Lipinski definition) is 0. The molecule has 0 saturated heterocycles. The molecule has 0 N–H and O–H groups in total. The van der Waals surface area contributed by atoms with Crippen LogP contribution in [0.4, 0.5) is 5.82 Å². The Balaban J connectivity index is 1.83. The second kappa shape index (κ2) is 5.75. The van der Waals surface area contributed by atoms with Gasteiger partial charge in [-0.2, -0.15) is 0 Å². The van der Waals surface area contributed by atoms with E-state index in [1.165, 1.54) is 16.7 Å². The number of aryl methyl sites for hydroxylation is 2. The standard InChI is InChI=1S/C21H20N2O/c1-14-9-15(2)20-18(10-14)11-19(13-24)21(22-20)23-8-7-16-5-3-4-6-17(16)12-23/h3-6,9-11,13H,7-8,12H2,1-2H3. The highest BCUT2D eigenvalue weighted by Gasteiger charge is 2.20. The normalized spacial score (nSPS) is 13.8. The van der Waals surface area contributed by atoms with E-state index < -0.39 is 0 Å². The molecular formula is C21H20N2O. The average Bonchev–Trinajstić information content (AvgIpc) is 2.60. The number of rotatable bonds is 2. The molecule has 1 aliphatic rings. The predicted molar refractivity (Wildman–Crippen MR) is 97.8 cm³/mol. The van der Waals surface area contributed by atoms with Crippen LogP contribution in [0.15, 0.2) is 42.5 Å². The molecule has 0 bridgehead atoms. The summed E-state index contributed by atoms with van der Waals surface area (Å²) in [5, 5.41) is 1.04. The highest BCUT2D eigenvalue weighted by molar-refractivity contribution is 5.93. The van der Waals surface area contributed by atoms with Gasteiger partial charge in [0.15, 0.2) is 6.29 Å². The Kier molecular flexibility index (Phi) is 3.57. The molecule has 3 nitrogen and oxygen atoms in total. The number of nitrogens with zero attached hydrogens (tertiary/aromatic N) is 2. The Labute approximate surface area is 141 Å². The summed E-state index contributed by atoms with van der Waals surface area (Å²) in [6.07, 6.45) is 1.92. The quantitative estimate of drug-likeness (QED) is 0.663. The number of aromatic nitrogens is 1. The fourth-order valence-electron chi connectivity index (χ4n) is 3.67. The van der Waals surface area contributed by atoms with Crippen molar-refractivity contribution in [3.63, 3.8) is 0 Å². The van der Waals surface area contributed by atoms with Crippen molar-refractivity contribution in [2.45, 2.75) is 26.8 Å². The van der Waals surface area contributed by atoms with E-state index in [0.29, 0.717) is 5.56 Å². The predicted octanol–water partition coefficient (Wildman–Crippen LogP) is 4.23. The maximum Gasteiger partial charge on any atom is 0.153 e. The van der Waals surface area contributed by atoms with Crippen LogP contribution in [0, 0.1) is 13.8 Å². The van der Waals surface area contributed by atoms with Crippen molar-refractivity contribution in [2.75, 3.05) is 11.4 Å². The van der Waals surface area contributed by atoms with Crippen LogP contribution in [-0.2, 0) is 13.0 Å². The van der Waals surface area contributed by atoms with E-state index in [9.17, 15) is 4.79 Å². The van der Waals surface area contributed by atoms with Gasteiger partial charge in [-0.25, -0.2) is 4.98 Å². The Hall–Kier alpha value is -2.68. The number of pyridine rings is 1. The fourth-order valence-corrected chi connectivity index (χ4v) is 3.67. The molecule has 2 aromatic carbocycles. The lowest BCUT2D eigenvalue weighted by Crippen LogP contribution is -2.31. The molecule has 4 rings (SSSR count). The van der Waals surface area contributed by atoms with Gasteiger partial charge >= 0.3 is 0 Å². The first-order valence-corrected chi connectivity index (χ1v) is 8.34. The van der Waals surface area contributed by atoms with Gasteiger partial charge in [-0.3, -0.25) is 4.79 Å². The molecule has 0 saturated carbocycles. The SMILES string of the molecule is Cc1cc(C)c2nc(N3CCc4ccccc4C3)c(C=O)cc2c1. The molecule has 0 radical (unpaired) electrons.